The van der Waals surface area contributed by atoms with Crippen molar-refractivity contribution >= 4 is 22.7 Å². The summed E-state index contributed by atoms with van der Waals surface area (Å²) in [6.07, 6.45) is 0.553. The van der Waals surface area contributed by atoms with E-state index in [0.29, 0.717) is 29.2 Å². The van der Waals surface area contributed by atoms with E-state index in [1.54, 1.807) is 48.7 Å². The average Bonchev–Trinajstić information content (AvgIpc) is 3.27. The molecule has 162 valence electrons. The number of rotatable bonds is 8. The zero-order chi connectivity index (χ0) is 22.5. The predicted molar refractivity (Wildman–Crippen MR) is 121 cm³/mol. The van der Waals surface area contributed by atoms with Crippen molar-refractivity contribution in [3.05, 3.63) is 95.7 Å². The van der Waals surface area contributed by atoms with Crippen LogP contribution < -0.4 is 9.47 Å². The number of nitrogens with one attached hydrogen (secondary N) is 1. The maximum Gasteiger partial charge on any atom is 0.339 e. The molecule has 32 heavy (non-hydrogen) atoms. The van der Waals surface area contributed by atoms with Crippen molar-refractivity contribution in [2.24, 2.45) is 0 Å². The fourth-order valence-electron chi connectivity index (χ4n) is 3.56. The molecule has 3 aromatic carbocycles. The van der Waals surface area contributed by atoms with Gasteiger partial charge in [0, 0.05) is 28.2 Å². The van der Waals surface area contributed by atoms with E-state index in [2.05, 4.69) is 4.98 Å². The standard InChI is InChI=1S/C26H23NO5/c1-3-31-23-15-18(13-14-22(23)30-2)26(29)32-25(17-9-5-4-6-10-17)24(28)20-16-27-21-12-8-7-11-19(20)21/h4-16,25,27H,3H2,1-2H3. The normalized spacial score (nSPS) is 11.7. The van der Waals surface area contributed by atoms with Crippen molar-refractivity contribution in [1.29, 1.82) is 0 Å². The molecule has 1 atom stereocenters. The van der Waals surface area contributed by atoms with Gasteiger partial charge < -0.3 is 19.2 Å². The van der Waals surface area contributed by atoms with Crippen LogP contribution >= 0.6 is 0 Å². The fourth-order valence-corrected chi connectivity index (χ4v) is 3.56. The lowest BCUT2D eigenvalue weighted by molar-refractivity contribution is 0.0280. The number of esters is 1. The minimum absolute atomic E-state index is 0.266. The van der Waals surface area contributed by atoms with Crippen LogP contribution in [0.3, 0.4) is 0 Å². The second-order valence-corrected chi connectivity index (χ2v) is 7.11. The molecule has 0 aliphatic carbocycles. The van der Waals surface area contributed by atoms with Gasteiger partial charge in [0.2, 0.25) is 5.78 Å². The monoisotopic (exact) mass is 429 g/mol. The number of hydrogen-bond donors (Lipinski definition) is 1. The SMILES string of the molecule is CCOc1cc(C(=O)OC(C(=O)c2c[nH]c3ccccc23)c2ccccc2)ccc1OC. The lowest BCUT2D eigenvalue weighted by atomic mass is 9.99. The number of ketones is 1. The molecule has 1 aromatic heterocycles. The second kappa shape index (κ2) is 9.39. The Morgan fingerprint density at radius 1 is 0.938 bits per heavy atom. The van der Waals surface area contributed by atoms with Gasteiger partial charge in [0.05, 0.1) is 19.3 Å². The van der Waals surface area contributed by atoms with Gasteiger partial charge in [-0.05, 0) is 31.2 Å². The molecule has 1 heterocycles. The maximum atomic E-state index is 13.5. The fraction of sp³-hybridized carbons (Fsp3) is 0.154. The van der Waals surface area contributed by atoms with Gasteiger partial charge in [-0.3, -0.25) is 4.79 Å². The number of carbonyl (C=O) groups excluding carboxylic acids is 2. The summed E-state index contributed by atoms with van der Waals surface area (Å²) in [5.74, 6) is 0.0118. The Balaban J connectivity index is 1.68. The first-order valence-electron chi connectivity index (χ1n) is 10.3. The minimum atomic E-state index is -1.10. The third-order valence-corrected chi connectivity index (χ3v) is 5.12. The topological polar surface area (TPSA) is 77.6 Å². The highest BCUT2D eigenvalue weighted by Crippen LogP contribution is 2.31. The van der Waals surface area contributed by atoms with Gasteiger partial charge in [-0.2, -0.15) is 0 Å². The summed E-state index contributed by atoms with van der Waals surface area (Å²) in [5, 5.41) is 0.776. The first kappa shape index (κ1) is 21.2. The molecule has 0 bridgehead atoms. The van der Waals surface area contributed by atoms with Crippen LogP contribution in [0.4, 0.5) is 0 Å². The van der Waals surface area contributed by atoms with Crippen LogP contribution in [0, 0.1) is 0 Å². The number of ether oxygens (including phenoxy) is 3. The van der Waals surface area contributed by atoms with Crippen LogP contribution in [0.2, 0.25) is 0 Å². The Morgan fingerprint density at radius 3 is 2.44 bits per heavy atom. The first-order chi connectivity index (χ1) is 15.6. The molecule has 0 saturated heterocycles. The molecule has 0 radical (unpaired) electrons. The third kappa shape index (κ3) is 4.21. The highest BCUT2D eigenvalue weighted by atomic mass is 16.5. The molecule has 6 nitrogen and oxygen atoms in total. The number of carbonyl (C=O) groups is 2. The number of para-hydroxylation sites is 1. The summed E-state index contributed by atoms with van der Waals surface area (Å²) in [5.41, 5.74) is 2.16. The Kier molecular flexibility index (Phi) is 6.22. The lowest BCUT2D eigenvalue weighted by Gasteiger charge is -2.18. The van der Waals surface area contributed by atoms with Gasteiger partial charge in [0.15, 0.2) is 17.6 Å². The van der Waals surface area contributed by atoms with Crippen LogP contribution in [0.25, 0.3) is 10.9 Å². The van der Waals surface area contributed by atoms with Crippen molar-refractivity contribution in [2.45, 2.75) is 13.0 Å². The quantitative estimate of drug-likeness (QED) is 0.302. The zero-order valence-electron chi connectivity index (χ0n) is 17.8. The van der Waals surface area contributed by atoms with E-state index in [-0.39, 0.29) is 11.3 Å². The average molecular weight is 429 g/mol. The number of hydrogen-bond acceptors (Lipinski definition) is 5. The number of Topliss-reactive ketones (excluding diaryl/α,β-unsaturated/α-hetero) is 1. The molecule has 6 heteroatoms. The molecule has 1 unspecified atom stereocenters. The predicted octanol–water partition coefficient (Wildman–Crippen LogP) is 5.36. The Morgan fingerprint density at radius 2 is 1.69 bits per heavy atom. The van der Waals surface area contributed by atoms with Crippen molar-refractivity contribution in [1.82, 2.24) is 4.98 Å². The molecule has 0 aliphatic heterocycles. The summed E-state index contributed by atoms with van der Waals surface area (Å²) < 4.78 is 16.6. The lowest BCUT2D eigenvalue weighted by Crippen LogP contribution is -2.20. The van der Waals surface area contributed by atoms with Crippen LogP contribution in [-0.4, -0.2) is 30.5 Å². The van der Waals surface area contributed by atoms with Crippen molar-refractivity contribution < 1.29 is 23.8 Å². The van der Waals surface area contributed by atoms with Crippen molar-refractivity contribution in [2.75, 3.05) is 13.7 Å². The highest BCUT2D eigenvalue weighted by Gasteiger charge is 2.29. The number of methoxy groups -OCH3 is 1. The molecule has 4 rings (SSSR count). The van der Waals surface area contributed by atoms with Crippen molar-refractivity contribution in [3.63, 3.8) is 0 Å². The zero-order valence-corrected chi connectivity index (χ0v) is 17.8. The van der Waals surface area contributed by atoms with E-state index in [4.69, 9.17) is 14.2 Å². The van der Waals surface area contributed by atoms with Crippen LogP contribution in [0.1, 0.15) is 39.3 Å². The molecule has 0 spiro atoms. The number of fused-ring (bicyclic) bond motifs is 1. The smallest absolute Gasteiger partial charge is 0.339 e. The number of H-pyrrole nitrogens is 1. The minimum Gasteiger partial charge on any atom is -0.493 e. The van der Waals surface area contributed by atoms with Gasteiger partial charge in [-0.25, -0.2) is 4.79 Å². The van der Waals surface area contributed by atoms with E-state index < -0.39 is 12.1 Å². The van der Waals surface area contributed by atoms with E-state index >= 15 is 0 Å². The third-order valence-electron chi connectivity index (χ3n) is 5.12. The van der Waals surface area contributed by atoms with Gasteiger partial charge in [-0.1, -0.05) is 48.5 Å². The second-order valence-electron chi connectivity index (χ2n) is 7.11. The molecule has 1 N–H and O–H groups in total. The van der Waals surface area contributed by atoms with Crippen LogP contribution in [0.5, 0.6) is 11.5 Å². The van der Waals surface area contributed by atoms with Crippen molar-refractivity contribution in [3.8, 4) is 11.5 Å². The number of aromatic amines is 1. The van der Waals surface area contributed by atoms with Crippen LogP contribution in [-0.2, 0) is 4.74 Å². The van der Waals surface area contributed by atoms with E-state index in [1.807, 2.05) is 37.3 Å². The molecule has 0 amide bonds. The molecule has 0 fully saturated rings. The maximum absolute atomic E-state index is 13.5. The summed E-state index contributed by atoms with van der Waals surface area (Å²) in [6.45, 7) is 2.26. The van der Waals surface area contributed by atoms with E-state index in [9.17, 15) is 9.59 Å². The van der Waals surface area contributed by atoms with E-state index in [0.717, 1.165) is 10.9 Å². The molecular weight excluding hydrogens is 406 g/mol. The largest absolute Gasteiger partial charge is 0.493 e. The summed E-state index contributed by atoms with van der Waals surface area (Å²) >= 11 is 0. The summed E-state index contributed by atoms with van der Waals surface area (Å²) in [4.78, 5) is 29.7. The summed E-state index contributed by atoms with van der Waals surface area (Å²) in [7, 11) is 1.53. The van der Waals surface area contributed by atoms with Crippen LogP contribution in [0.15, 0.2) is 79.0 Å². The summed E-state index contributed by atoms with van der Waals surface area (Å²) in [6, 6.07) is 21.3. The van der Waals surface area contributed by atoms with Gasteiger partial charge in [0.1, 0.15) is 0 Å². The number of aromatic nitrogens is 1. The molecule has 0 aliphatic rings. The Labute approximate surface area is 185 Å². The van der Waals surface area contributed by atoms with Gasteiger partial charge >= 0.3 is 5.97 Å². The highest BCUT2D eigenvalue weighted by molar-refractivity contribution is 6.11. The Hall–Kier alpha value is -4.06. The molecular formula is C26H23NO5. The molecule has 0 saturated carbocycles. The van der Waals surface area contributed by atoms with E-state index in [1.165, 1.54) is 7.11 Å². The van der Waals surface area contributed by atoms with Gasteiger partial charge in [0.25, 0.3) is 0 Å². The molecule has 4 aromatic rings. The first-order valence-corrected chi connectivity index (χ1v) is 10.3. The van der Waals surface area contributed by atoms with Gasteiger partial charge in [-0.15, -0.1) is 0 Å². The Bertz CT molecular complexity index is 1250. The number of benzene rings is 3.